The van der Waals surface area contributed by atoms with Crippen molar-refractivity contribution in [1.29, 1.82) is 0 Å². The van der Waals surface area contributed by atoms with E-state index in [9.17, 15) is 13.2 Å². The van der Waals surface area contributed by atoms with Gasteiger partial charge in [0.15, 0.2) is 0 Å². The number of fused-ring (bicyclic) bond motifs is 1. The van der Waals surface area contributed by atoms with E-state index in [4.69, 9.17) is 5.11 Å². The smallest absolute Gasteiger partial charge is 0.395 e. The largest absolute Gasteiger partial charge is 0.421 e. The van der Waals surface area contributed by atoms with Gasteiger partial charge in [-0.3, -0.25) is 4.90 Å². The standard InChI is InChI=1S/C19H22F3N5O/c20-19(21,22)16-10-23-18(26-17(16)24-14-3-4-14)25-15-2-1-13-11-27(7-8-28)6-5-12(13)9-15/h1-2,9-10,14,28H,3-8,11H2,(H2,23,24,25,26). The lowest BCUT2D eigenvalue weighted by Crippen LogP contribution is -2.32. The second kappa shape index (κ2) is 7.56. The van der Waals surface area contributed by atoms with Crippen molar-refractivity contribution in [3.8, 4) is 0 Å². The Bertz CT molecular complexity index is 854. The summed E-state index contributed by atoms with van der Waals surface area (Å²) in [7, 11) is 0. The Hall–Kier alpha value is -2.39. The summed E-state index contributed by atoms with van der Waals surface area (Å²) < 4.78 is 39.6. The van der Waals surface area contributed by atoms with Crippen molar-refractivity contribution in [2.75, 3.05) is 30.3 Å². The highest BCUT2D eigenvalue weighted by atomic mass is 19.4. The van der Waals surface area contributed by atoms with Crippen molar-refractivity contribution in [2.45, 2.75) is 38.0 Å². The Kier molecular flexibility index (Phi) is 5.11. The van der Waals surface area contributed by atoms with Gasteiger partial charge in [0.2, 0.25) is 5.95 Å². The first kappa shape index (κ1) is 18.9. The lowest BCUT2D eigenvalue weighted by Gasteiger charge is -2.28. The Morgan fingerprint density at radius 1 is 1.21 bits per heavy atom. The van der Waals surface area contributed by atoms with E-state index in [0.717, 1.165) is 44.2 Å². The second-order valence-electron chi connectivity index (χ2n) is 7.23. The summed E-state index contributed by atoms with van der Waals surface area (Å²) >= 11 is 0. The molecule has 0 atom stereocenters. The first-order chi connectivity index (χ1) is 13.4. The molecule has 1 saturated carbocycles. The number of β-amino-alcohol motifs (C(OH)–C–C–N with tert-alkyl or cyclic N) is 1. The van der Waals surface area contributed by atoms with Crippen LogP contribution >= 0.6 is 0 Å². The molecule has 1 aromatic carbocycles. The number of aromatic nitrogens is 2. The minimum atomic E-state index is -4.50. The highest BCUT2D eigenvalue weighted by Gasteiger charge is 2.36. The minimum Gasteiger partial charge on any atom is -0.395 e. The maximum atomic E-state index is 13.2. The summed E-state index contributed by atoms with van der Waals surface area (Å²) in [5.74, 6) is -0.0427. The number of nitrogens with one attached hydrogen (secondary N) is 2. The zero-order chi connectivity index (χ0) is 19.7. The normalized spacial score (nSPS) is 17.3. The van der Waals surface area contributed by atoms with Gasteiger partial charge < -0.3 is 15.7 Å². The van der Waals surface area contributed by atoms with Crippen LogP contribution in [-0.4, -0.2) is 45.7 Å². The molecule has 2 heterocycles. The fourth-order valence-corrected chi connectivity index (χ4v) is 3.33. The molecule has 1 aliphatic carbocycles. The van der Waals surface area contributed by atoms with Crippen molar-refractivity contribution < 1.29 is 18.3 Å². The fourth-order valence-electron chi connectivity index (χ4n) is 3.33. The molecule has 1 aliphatic heterocycles. The van der Waals surface area contributed by atoms with E-state index in [-0.39, 0.29) is 24.4 Å². The van der Waals surface area contributed by atoms with Gasteiger partial charge in [0.25, 0.3) is 0 Å². The molecule has 28 heavy (non-hydrogen) atoms. The molecule has 1 aromatic heterocycles. The van der Waals surface area contributed by atoms with Crippen molar-refractivity contribution >= 4 is 17.5 Å². The van der Waals surface area contributed by atoms with Gasteiger partial charge in [0, 0.05) is 37.6 Å². The maximum absolute atomic E-state index is 13.2. The summed E-state index contributed by atoms with van der Waals surface area (Å²) in [6.45, 7) is 2.43. The number of aliphatic hydroxyl groups excluding tert-OH is 1. The fraction of sp³-hybridized carbons (Fsp3) is 0.474. The highest BCUT2D eigenvalue weighted by molar-refractivity contribution is 5.59. The topological polar surface area (TPSA) is 73.3 Å². The average Bonchev–Trinajstić information content (AvgIpc) is 3.45. The van der Waals surface area contributed by atoms with Crippen LogP contribution in [0.1, 0.15) is 29.5 Å². The zero-order valence-corrected chi connectivity index (χ0v) is 15.3. The molecule has 2 aliphatic rings. The third-order valence-electron chi connectivity index (χ3n) is 4.98. The van der Waals surface area contributed by atoms with Crippen LogP contribution in [0, 0.1) is 0 Å². The van der Waals surface area contributed by atoms with Crippen LogP contribution in [0.15, 0.2) is 24.4 Å². The van der Waals surface area contributed by atoms with E-state index >= 15 is 0 Å². The first-order valence-corrected chi connectivity index (χ1v) is 9.35. The van der Waals surface area contributed by atoms with Crippen LogP contribution in [0.3, 0.4) is 0 Å². The van der Waals surface area contributed by atoms with Crippen molar-refractivity contribution in [1.82, 2.24) is 14.9 Å². The maximum Gasteiger partial charge on any atom is 0.421 e. The number of hydrogen-bond acceptors (Lipinski definition) is 6. The van der Waals surface area contributed by atoms with Gasteiger partial charge in [-0.15, -0.1) is 0 Å². The molecule has 0 unspecified atom stereocenters. The van der Waals surface area contributed by atoms with E-state index in [1.54, 1.807) is 0 Å². The van der Waals surface area contributed by atoms with Crippen molar-refractivity contribution in [3.05, 3.63) is 41.1 Å². The quantitative estimate of drug-likeness (QED) is 0.700. The molecule has 0 amide bonds. The number of aliphatic hydroxyl groups is 1. The van der Waals surface area contributed by atoms with Crippen molar-refractivity contribution in [2.24, 2.45) is 0 Å². The number of halogens is 3. The Labute approximate surface area is 160 Å². The van der Waals surface area contributed by atoms with Gasteiger partial charge in [0.05, 0.1) is 6.61 Å². The SMILES string of the molecule is OCCN1CCc2cc(Nc3ncc(C(F)(F)F)c(NC4CC4)n3)ccc2C1. The highest BCUT2D eigenvalue weighted by Crippen LogP contribution is 2.36. The molecular weight excluding hydrogens is 371 g/mol. The molecule has 0 radical (unpaired) electrons. The summed E-state index contributed by atoms with van der Waals surface area (Å²) in [4.78, 5) is 10.1. The van der Waals surface area contributed by atoms with E-state index < -0.39 is 11.7 Å². The lowest BCUT2D eigenvalue weighted by atomic mass is 9.99. The van der Waals surface area contributed by atoms with Crippen molar-refractivity contribution in [3.63, 3.8) is 0 Å². The molecule has 150 valence electrons. The van der Waals surface area contributed by atoms with Gasteiger partial charge in [0.1, 0.15) is 11.4 Å². The number of rotatable bonds is 6. The molecule has 3 N–H and O–H groups in total. The predicted octanol–water partition coefficient (Wildman–Crippen LogP) is 3.16. The van der Waals surface area contributed by atoms with Gasteiger partial charge in [-0.05, 0) is 42.5 Å². The summed E-state index contributed by atoms with van der Waals surface area (Å²) in [5.41, 5.74) is 2.27. The lowest BCUT2D eigenvalue weighted by molar-refractivity contribution is -0.137. The molecule has 0 saturated heterocycles. The average molecular weight is 393 g/mol. The van der Waals surface area contributed by atoms with Crippen LogP contribution < -0.4 is 10.6 Å². The monoisotopic (exact) mass is 393 g/mol. The molecule has 0 spiro atoms. The Balaban J connectivity index is 1.53. The first-order valence-electron chi connectivity index (χ1n) is 9.35. The zero-order valence-electron chi connectivity index (χ0n) is 15.3. The van der Waals surface area contributed by atoms with Gasteiger partial charge in [-0.2, -0.15) is 18.2 Å². The number of alkyl halides is 3. The molecular formula is C19H22F3N5O. The third kappa shape index (κ3) is 4.36. The molecule has 2 aromatic rings. The van der Waals surface area contributed by atoms with E-state index in [1.165, 1.54) is 11.1 Å². The van der Waals surface area contributed by atoms with E-state index in [0.29, 0.717) is 6.54 Å². The Morgan fingerprint density at radius 3 is 2.75 bits per heavy atom. The Morgan fingerprint density at radius 2 is 2.04 bits per heavy atom. The number of anilines is 3. The number of hydrogen-bond donors (Lipinski definition) is 3. The molecule has 9 heteroatoms. The molecule has 6 nitrogen and oxygen atoms in total. The number of nitrogens with zero attached hydrogens (tertiary/aromatic N) is 3. The molecule has 4 rings (SSSR count). The van der Waals surface area contributed by atoms with Gasteiger partial charge >= 0.3 is 6.18 Å². The summed E-state index contributed by atoms with van der Waals surface area (Å²) in [6.07, 6.45) is -1.12. The second-order valence-corrected chi connectivity index (χ2v) is 7.23. The molecule has 0 bridgehead atoms. The molecule has 1 fully saturated rings. The van der Waals surface area contributed by atoms with Crippen LogP contribution in [0.25, 0.3) is 0 Å². The van der Waals surface area contributed by atoms with Crippen LogP contribution in [0.4, 0.5) is 30.6 Å². The van der Waals surface area contributed by atoms with Gasteiger partial charge in [-0.1, -0.05) is 6.07 Å². The predicted molar refractivity (Wildman–Crippen MR) is 99.5 cm³/mol. The van der Waals surface area contributed by atoms with Crippen LogP contribution in [0.2, 0.25) is 0 Å². The summed E-state index contributed by atoms with van der Waals surface area (Å²) in [6, 6.07) is 5.90. The summed E-state index contributed by atoms with van der Waals surface area (Å²) in [5, 5.41) is 15.0. The van der Waals surface area contributed by atoms with E-state index in [1.807, 2.05) is 18.2 Å². The third-order valence-corrected chi connectivity index (χ3v) is 4.98. The van der Waals surface area contributed by atoms with Crippen LogP contribution in [-0.2, 0) is 19.1 Å². The van der Waals surface area contributed by atoms with Crippen LogP contribution in [0.5, 0.6) is 0 Å². The minimum absolute atomic E-state index is 0.0504. The van der Waals surface area contributed by atoms with E-state index in [2.05, 4.69) is 25.5 Å². The number of benzene rings is 1. The van der Waals surface area contributed by atoms with Gasteiger partial charge in [-0.25, -0.2) is 4.98 Å².